The maximum atomic E-state index is 9.44. The van der Waals surface area contributed by atoms with E-state index in [1.165, 1.54) is 18.5 Å². The molecular weight excluding hydrogens is 212 g/mol. The molecule has 3 nitrogen and oxygen atoms in total. The van der Waals surface area contributed by atoms with Crippen molar-refractivity contribution in [3.63, 3.8) is 0 Å². The topological polar surface area (TPSA) is 36.4 Å². The van der Waals surface area contributed by atoms with E-state index >= 15 is 0 Å². The molecule has 0 aliphatic carbocycles. The van der Waals surface area contributed by atoms with Gasteiger partial charge >= 0.3 is 0 Å². The van der Waals surface area contributed by atoms with Gasteiger partial charge in [0.2, 0.25) is 0 Å². The average Bonchev–Trinajstić information content (AvgIpc) is 2.29. The van der Waals surface area contributed by atoms with E-state index in [9.17, 15) is 5.11 Å². The maximum absolute atomic E-state index is 9.44. The molecule has 1 N–H and O–H groups in total. The van der Waals surface area contributed by atoms with Crippen LogP contribution < -0.4 is 4.90 Å². The van der Waals surface area contributed by atoms with Crippen LogP contribution in [-0.4, -0.2) is 22.7 Å². The van der Waals surface area contributed by atoms with Crippen LogP contribution in [-0.2, 0) is 0 Å². The number of pyridine rings is 1. The van der Waals surface area contributed by atoms with Gasteiger partial charge in [-0.1, -0.05) is 6.92 Å². The Morgan fingerprint density at radius 1 is 1.41 bits per heavy atom. The van der Waals surface area contributed by atoms with E-state index in [2.05, 4.69) is 29.8 Å². The zero-order valence-electron chi connectivity index (χ0n) is 10.9. The smallest absolute Gasteiger partial charge is 0.0931 e. The number of rotatable bonds is 2. The SMILES string of the molecule is CC1CCN(c2ccc([C@H](C)O)nc2)C(C)C1. The highest BCUT2D eigenvalue weighted by Gasteiger charge is 2.23. The van der Waals surface area contributed by atoms with E-state index < -0.39 is 6.10 Å². The molecule has 0 saturated carbocycles. The molecular formula is C14H22N2O. The number of aliphatic hydroxyl groups excluding tert-OH is 1. The van der Waals surface area contributed by atoms with E-state index in [0.717, 1.165) is 18.2 Å². The van der Waals surface area contributed by atoms with E-state index in [0.29, 0.717) is 6.04 Å². The summed E-state index contributed by atoms with van der Waals surface area (Å²) in [6, 6.07) is 4.57. The minimum absolute atomic E-state index is 0.483. The van der Waals surface area contributed by atoms with E-state index in [-0.39, 0.29) is 0 Å². The van der Waals surface area contributed by atoms with Gasteiger partial charge in [0.25, 0.3) is 0 Å². The lowest BCUT2D eigenvalue weighted by atomic mass is 9.93. The number of aliphatic hydroxyl groups is 1. The molecule has 2 rings (SSSR count). The van der Waals surface area contributed by atoms with Crippen molar-refractivity contribution >= 4 is 5.69 Å². The minimum atomic E-state index is -0.483. The molecule has 0 aromatic carbocycles. The molecule has 3 atom stereocenters. The number of hydrogen-bond acceptors (Lipinski definition) is 3. The first-order valence-electron chi connectivity index (χ1n) is 6.48. The molecule has 94 valence electrons. The third kappa shape index (κ3) is 2.78. The second-order valence-corrected chi connectivity index (χ2v) is 5.29. The number of nitrogens with zero attached hydrogens (tertiary/aromatic N) is 2. The summed E-state index contributed by atoms with van der Waals surface area (Å²) in [6.45, 7) is 7.45. The van der Waals surface area contributed by atoms with Crippen LogP contribution >= 0.6 is 0 Å². The fourth-order valence-electron chi connectivity index (χ4n) is 2.61. The Hall–Kier alpha value is -1.09. The van der Waals surface area contributed by atoms with Gasteiger partial charge in [0, 0.05) is 12.6 Å². The van der Waals surface area contributed by atoms with Gasteiger partial charge in [0.1, 0.15) is 0 Å². The molecule has 3 heteroatoms. The van der Waals surface area contributed by atoms with Crippen molar-refractivity contribution in [1.82, 2.24) is 4.98 Å². The van der Waals surface area contributed by atoms with E-state index in [1.54, 1.807) is 6.92 Å². The molecule has 1 fully saturated rings. The first kappa shape index (κ1) is 12.4. The van der Waals surface area contributed by atoms with Gasteiger partial charge in [0.05, 0.1) is 23.7 Å². The molecule has 0 spiro atoms. The molecule has 1 aliphatic heterocycles. The van der Waals surface area contributed by atoms with Crippen LogP contribution in [0.3, 0.4) is 0 Å². The standard InChI is InChI=1S/C14H22N2O/c1-10-6-7-16(11(2)8-10)13-4-5-14(12(3)17)15-9-13/h4-5,9-12,17H,6-8H2,1-3H3/t10?,11?,12-/m0/s1. The second kappa shape index (κ2) is 5.05. The first-order valence-corrected chi connectivity index (χ1v) is 6.48. The largest absolute Gasteiger partial charge is 0.387 e. The maximum Gasteiger partial charge on any atom is 0.0931 e. The summed E-state index contributed by atoms with van der Waals surface area (Å²) in [5, 5.41) is 9.44. The van der Waals surface area contributed by atoms with Gasteiger partial charge in [-0.15, -0.1) is 0 Å². The van der Waals surface area contributed by atoms with Crippen molar-refractivity contribution in [1.29, 1.82) is 0 Å². The summed E-state index contributed by atoms with van der Waals surface area (Å²) in [7, 11) is 0. The normalized spacial score (nSPS) is 26.9. The number of piperidine rings is 1. The van der Waals surface area contributed by atoms with Gasteiger partial charge in [0.15, 0.2) is 0 Å². The third-order valence-corrected chi connectivity index (χ3v) is 3.67. The van der Waals surface area contributed by atoms with Crippen LogP contribution in [0.4, 0.5) is 5.69 Å². The quantitative estimate of drug-likeness (QED) is 0.854. The summed E-state index contributed by atoms with van der Waals surface area (Å²) in [5.74, 6) is 0.825. The lowest BCUT2D eigenvalue weighted by molar-refractivity contribution is 0.194. The van der Waals surface area contributed by atoms with Crippen molar-refractivity contribution < 1.29 is 5.11 Å². The number of hydrogen-bond donors (Lipinski definition) is 1. The van der Waals surface area contributed by atoms with Crippen molar-refractivity contribution in [2.45, 2.75) is 45.8 Å². The summed E-state index contributed by atoms with van der Waals surface area (Å²) >= 11 is 0. The molecule has 1 saturated heterocycles. The molecule has 1 aromatic rings. The van der Waals surface area contributed by atoms with E-state index in [1.807, 2.05) is 12.3 Å². The lowest BCUT2D eigenvalue weighted by Crippen LogP contribution is -2.40. The van der Waals surface area contributed by atoms with Crippen molar-refractivity contribution in [2.24, 2.45) is 5.92 Å². The third-order valence-electron chi connectivity index (χ3n) is 3.67. The highest BCUT2D eigenvalue weighted by Crippen LogP contribution is 2.27. The summed E-state index contributed by atoms with van der Waals surface area (Å²) < 4.78 is 0. The highest BCUT2D eigenvalue weighted by atomic mass is 16.3. The Labute approximate surface area is 103 Å². The van der Waals surface area contributed by atoms with Crippen LogP contribution in [0, 0.1) is 5.92 Å². The van der Waals surface area contributed by atoms with Crippen LogP contribution in [0.15, 0.2) is 18.3 Å². The Morgan fingerprint density at radius 3 is 2.71 bits per heavy atom. The molecule has 0 radical (unpaired) electrons. The molecule has 1 aliphatic rings. The Morgan fingerprint density at radius 2 is 2.18 bits per heavy atom. The van der Waals surface area contributed by atoms with Crippen LogP contribution in [0.1, 0.15) is 45.4 Å². The van der Waals surface area contributed by atoms with Crippen LogP contribution in [0.2, 0.25) is 0 Å². The Balaban J connectivity index is 2.11. The molecule has 0 amide bonds. The number of aromatic nitrogens is 1. The monoisotopic (exact) mass is 234 g/mol. The molecule has 2 unspecified atom stereocenters. The summed E-state index contributed by atoms with van der Waals surface area (Å²) in [4.78, 5) is 6.73. The number of anilines is 1. The van der Waals surface area contributed by atoms with Gasteiger partial charge in [-0.05, 0) is 44.7 Å². The van der Waals surface area contributed by atoms with Gasteiger partial charge < -0.3 is 10.0 Å². The fourth-order valence-corrected chi connectivity index (χ4v) is 2.61. The Kier molecular flexibility index (Phi) is 3.67. The van der Waals surface area contributed by atoms with Crippen molar-refractivity contribution in [3.8, 4) is 0 Å². The van der Waals surface area contributed by atoms with Gasteiger partial charge in [-0.2, -0.15) is 0 Å². The highest BCUT2D eigenvalue weighted by molar-refractivity contribution is 5.46. The zero-order chi connectivity index (χ0) is 12.4. The molecule has 0 bridgehead atoms. The first-order chi connectivity index (χ1) is 8.08. The van der Waals surface area contributed by atoms with Crippen molar-refractivity contribution in [3.05, 3.63) is 24.0 Å². The molecule has 1 aromatic heterocycles. The minimum Gasteiger partial charge on any atom is -0.387 e. The average molecular weight is 234 g/mol. The predicted octanol–water partition coefficient (Wildman–Crippen LogP) is 2.76. The summed E-state index contributed by atoms with van der Waals surface area (Å²) in [6.07, 6.45) is 3.90. The predicted molar refractivity (Wildman–Crippen MR) is 70.1 cm³/mol. The molecule has 17 heavy (non-hydrogen) atoms. The molecule has 2 heterocycles. The zero-order valence-corrected chi connectivity index (χ0v) is 10.9. The van der Waals surface area contributed by atoms with Crippen molar-refractivity contribution in [2.75, 3.05) is 11.4 Å². The second-order valence-electron chi connectivity index (χ2n) is 5.29. The van der Waals surface area contributed by atoms with Crippen LogP contribution in [0.25, 0.3) is 0 Å². The fraction of sp³-hybridized carbons (Fsp3) is 0.643. The van der Waals surface area contributed by atoms with Gasteiger partial charge in [-0.25, -0.2) is 0 Å². The Bertz CT molecular complexity index is 361. The van der Waals surface area contributed by atoms with E-state index in [4.69, 9.17) is 0 Å². The van der Waals surface area contributed by atoms with Crippen LogP contribution in [0.5, 0.6) is 0 Å². The van der Waals surface area contributed by atoms with Gasteiger partial charge in [-0.3, -0.25) is 4.98 Å². The summed E-state index contributed by atoms with van der Waals surface area (Å²) in [5.41, 5.74) is 1.92. The lowest BCUT2D eigenvalue weighted by Gasteiger charge is -2.38.